The number of hydrogen-bond acceptors (Lipinski definition) is 3. The Morgan fingerprint density at radius 3 is 2.65 bits per heavy atom. The molecule has 0 aliphatic carbocycles. The van der Waals surface area contributed by atoms with Gasteiger partial charge in [0.05, 0.1) is 12.9 Å². The second kappa shape index (κ2) is 6.62. The predicted molar refractivity (Wildman–Crippen MR) is 84.0 cm³/mol. The van der Waals surface area contributed by atoms with Crippen LogP contribution in [0.3, 0.4) is 0 Å². The van der Waals surface area contributed by atoms with Crippen molar-refractivity contribution < 1.29 is 9.53 Å². The average Bonchev–Trinajstić information content (AvgIpc) is 2.46. The molecule has 0 atom stereocenters. The van der Waals surface area contributed by atoms with E-state index in [9.17, 15) is 4.79 Å². The molecule has 0 amide bonds. The van der Waals surface area contributed by atoms with E-state index in [-0.39, 0.29) is 5.78 Å². The summed E-state index contributed by atoms with van der Waals surface area (Å²) < 4.78 is 5.14. The van der Waals surface area contributed by atoms with Crippen LogP contribution < -0.4 is 4.74 Å². The molecule has 2 aromatic carbocycles. The van der Waals surface area contributed by atoms with Crippen molar-refractivity contribution in [2.75, 3.05) is 12.9 Å². The fraction of sp³-hybridized carbons (Fsp3) is 0.235. The summed E-state index contributed by atoms with van der Waals surface area (Å²) in [5.74, 6) is 1.28. The minimum absolute atomic E-state index is 0.119. The van der Waals surface area contributed by atoms with Gasteiger partial charge in [-0.25, -0.2) is 0 Å². The number of rotatable bonds is 5. The standard InChI is InChI=1S/C17H18O2S/c1-12-7-8-17(13(2)9-12)20-11-16(18)14-5-4-6-15(10-14)19-3/h4-10H,11H2,1-3H3. The Bertz CT molecular complexity index is 620. The molecule has 0 spiro atoms. The van der Waals surface area contributed by atoms with Gasteiger partial charge in [-0.2, -0.15) is 0 Å². The van der Waals surface area contributed by atoms with Crippen LogP contribution >= 0.6 is 11.8 Å². The number of carbonyl (C=O) groups excluding carboxylic acids is 1. The summed E-state index contributed by atoms with van der Waals surface area (Å²) >= 11 is 1.58. The summed E-state index contributed by atoms with van der Waals surface area (Å²) in [7, 11) is 1.61. The van der Waals surface area contributed by atoms with Crippen molar-refractivity contribution >= 4 is 17.5 Å². The van der Waals surface area contributed by atoms with Crippen LogP contribution in [0.15, 0.2) is 47.4 Å². The Balaban J connectivity index is 2.04. The van der Waals surface area contributed by atoms with Gasteiger partial charge in [0.1, 0.15) is 5.75 Å². The van der Waals surface area contributed by atoms with Gasteiger partial charge in [-0.15, -0.1) is 11.8 Å². The molecular formula is C17H18O2S. The summed E-state index contributed by atoms with van der Waals surface area (Å²) in [6, 6.07) is 13.6. The highest BCUT2D eigenvalue weighted by Gasteiger charge is 2.08. The number of aryl methyl sites for hydroxylation is 2. The number of ether oxygens (including phenoxy) is 1. The molecule has 0 aromatic heterocycles. The quantitative estimate of drug-likeness (QED) is 0.606. The molecule has 0 aliphatic heterocycles. The van der Waals surface area contributed by atoms with E-state index in [0.29, 0.717) is 17.1 Å². The SMILES string of the molecule is COc1cccc(C(=O)CSc2ccc(C)cc2C)c1. The van der Waals surface area contributed by atoms with Crippen molar-refractivity contribution in [3.63, 3.8) is 0 Å². The maximum atomic E-state index is 12.2. The first-order valence-corrected chi connectivity index (χ1v) is 7.46. The molecule has 0 N–H and O–H groups in total. The van der Waals surface area contributed by atoms with Gasteiger partial charge in [-0.05, 0) is 37.6 Å². The molecule has 2 aromatic rings. The van der Waals surface area contributed by atoms with Crippen LogP contribution in [0.1, 0.15) is 21.5 Å². The average molecular weight is 286 g/mol. The van der Waals surface area contributed by atoms with E-state index >= 15 is 0 Å². The third kappa shape index (κ3) is 3.64. The third-order valence-corrected chi connectivity index (χ3v) is 4.26. The first kappa shape index (κ1) is 14.7. The van der Waals surface area contributed by atoms with Crippen molar-refractivity contribution in [1.29, 1.82) is 0 Å². The molecule has 104 valence electrons. The van der Waals surface area contributed by atoms with Crippen molar-refractivity contribution in [3.05, 3.63) is 59.2 Å². The fourth-order valence-corrected chi connectivity index (χ4v) is 2.89. The molecule has 0 saturated carbocycles. The summed E-state index contributed by atoms with van der Waals surface area (Å²) in [5, 5.41) is 0. The van der Waals surface area contributed by atoms with Gasteiger partial charge >= 0.3 is 0 Å². The number of carbonyl (C=O) groups is 1. The number of thioether (sulfide) groups is 1. The lowest BCUT2D eigenvalue weighted by atomic mass is 10.1. The molecule has 2 rings (SSSR count). The van der Waals surface area contributed by atoms with E-state index in [1.54, 1.807) is 24.9 Å². The summed E-state index contributed by atoms with van der Waals surface area (Å²) in [6.07, 6.45) is 0. The minimum Gasteiger partial charge on any atom is -0.497 e. The third-order valence-electron chi connectivity index (χ3n) is 3.08. The topological polar surface area (TPSA) is 26.3 Å². The Morgan fingerprint density at radius 2 is 1.95 bits per heavy atom. The van der Waals surface area contributed by atoms with E-state index in [2.05, 4.69) is 32.0 Å². The van der Waals surface area contributed by atoms with Gasteiger partial charge in [0.15, 0.2) is 5.78 Å². The van der Waals surface area contributed by atoms with E-state index in [0.717, 1.165) is 4.90 Å². The van der Waals surface area contributed by atoms with Crippen LogP contribution in [0.25, 0.3) is 0 Å². The first-order valence-electron chi connectivity index (χ1n) is 6.47. The van der Waals surface area contributed by atoms with Gasteiger partial charge in [0.2, 0.25) is 0 Å². The van der Waals surface area contributed by atoms with Crippen molar-refractivity contribution in [3.8, 4) is 5.75 Å². The second-order valence-corrected chi connectivity index (χ2v) is 5.73. The highest BCUT2D eigenvalue weighted by molar-refractivity contribution is 8.00. The first-order chi connectivity index (χ1) is 9.60. The molecule has 0 aliphatic rings. The lowest BCUT2D eigenvalue weighted by Crippen LogP contribution is -2.02. The number of Topliss-reactive ketones (excluding diaryl/α,β-unsaturated/α-hetero) is 1. The van der Waals surface area contributed by atoms with E-state index in [1.807, 2.05) is 18.2 Å². The van der Waals surface area contributed by atoms with E-state index in [1.165, 1.54) is 11.1 Å². The lowest BCUT2D eigenvalue weighted by Gasteiger charge is -2.07. The van der Waals surface area contributed by atoms with Crippen LogP contribution in [0.2, 0.25) is 0 Å². The van der Waals surface area contributed by atoms with Crippen molar-refractivity contribution in [2.24, 2.45) is 0 Å². The Morgan fingerprint density at radius 1 is 1.15 bits per heavy atom. The fourth-order valence-electron chi connectivity index (χ4n) is 1.98. The molecule has 2 nitrogen and oxygen atoms in total. The smallest absolute Gasteiger partial charge is 0.173 e. The van der Waals surface area contributed by atoms with Crippen LogP contribution in [-0.4, -0.2) is 18.6 Å². The maximum Gasteiger partial charge on any atom is 0.173 e. The second-order valence-electron chi connectivity index (χ2n) is 4.71. The molecule has 20 heavy (non-hydrogen) atoms. The predicted octanol–water partition coefficient (Wildman–Crippen LogP) is 4.29. The Kier molecular flexibility index (Phi) is 4.85. The summed E-state index contributed by atoms with van der Waals surface area (Å²) in [4.78, 5) is 13.3. The monoisotopic (exact) mass is 286 g/mol. The largest absolute Gasteiger partial charge is 0.497 e. The molecule has 0 bridgehead atoms. The highest BCUT2D eigenvalue weighted by atomic mass is 32.2. The maximum absolute atomic E-state index is 12.2. The van der Waals surface area contributed by atoms with Crippen LogP contribution in [0, 0.1) is 13.8 Å². The van der Waals surface area contributed by atoms with Gasteiger partial charge in [0.25, 0.3) is 0 Å². The van der Waals surface area contributed by atoms with Gasteiger partial charge in [-0.3, -0.25) is 4.79 Å². The van der Waals surface area contributed by atoms with Crippen LogP contribution in [-0.2, 0) is 0 Å². The molecule has 3 heteroatoms. The number of hydrogen-bond donors (Lipinski definition) is 0. The highest BCUT2D eigenvalue weighted by Crippen LogP contribution is 2.24. The minimum atomic E-state index is 0.119. The zero-order valence-corrected chi connectivity index (χ0v) is 12.8. The summed E-state index contributed by atoms with van der Waals surface area (Å²) in [5.41, 5.74) is 3.15. The molecule has 0 radical (unpaired) electrons. The van der Waals surface area contributed by atoms with Crippen LogP contribution in [0.4, 0.5) is 0 Å². The number of ketones is 1. The molecular weight excluding hydrogens is 268 g/mol. The molecule has 0 unspecified atom stereocenters. The zero-order valence-electron chi connectivity index (χ0n) is 12.0. The van der Waals surface area contributed by atoms with Gasteiger partial charge in [-0.1, -0.05) is 29.8 Å². The number of benzene rings is 2. The summed E-state index contributed by atoms with van der Waals surface area (Å²) in [6.45, 7) is 4.15. The van der Waals surface area contributed by atoms with Crippen LogP contribution in [0.5, 0.6) is 5.75 Å². The Labute approximate surface area is 124 Å². The normalized spacial score (nSPS) is 10.3. The van der Waals surface area contributed by atoms with Gasteiger partial charge < -0.3 is 4.74 Å². The zero-order chi connectivity index (χ0) is 14.5. The van der Waals surface area contributed by atoms with Crippen molar-refractivity contribution in [2.45, 2.75) is 18.7 Å². The van der Waals surface area contributed by atoms with Crippen molar-refractivity contribution in [1.82, 2.24) is 0 Å². The number of methoxy groups -OCH3 is 1. The molecule has 0 heterocycles. The molecule has 0 saturated heterocycles. The Hall–Kier alpha value is -1.74. The van der Waals surface area contributed by atoms with Gasteiger partial charge in [0, 0.05) is 10.5 Å². The van der Waals surface area contributed by atoms with E-state index in [4.69, 9.17) is 4.74 Å². The molecule has 0 fully saturated rings. The van der Waals surface area contributed by atoms with E-state index < -0.39 is 0 Å². The lowest BCUT2D eigenvalue weighted by molar-refractivity contribution is 0.102.